The summed E-state index contributed by atoms with van der Waals surface area (Å²) in [6, 6.07) is 5.70. The summed E-state index contributed by atoms with van der Waals surface area (Å²) in [6.45, 7) is 4.68. The Morgan fingerprint density at radius 2 is 2.00 bits per heavy atom. The zero-order chi connectivity index (χ0) is 21.0. The van der Waals surface area contributed by atoms with Crippen molar-refractivity contribution in [3.63, 3.8) is 0 Å². The molecule has 2 amide bonds. The summed E-state index contributed by atoms with van der Waals surface area (Å²) in [7, 11) is 0. The summed E-state index contributed by atoms with van der Waals surface area (Å²) >= 11 is 0. The monoisotopic (exact) mass is 437 g/mol. The summed E-state index contributed by atoms with van der Waals surface area (Å²) in [4.78, 5) is 36.9. The Hall–Kier alpha value is -2.71. The minimum atomic E-state index is -0.710. The van der Waals surface area contributed by atoms with Gasteiger partial charge in [-0.3, -0.25) is 9.59 Å². The van der Waals surface area contributed by atoms with Crippen LogP contribution in [0.3, 0.4) is 0 Å². The number of benzene rings is 1. The highest BCUT2D eigenvalue weighted by molar-refractivity contribution is 6.00. The highest BCUT2D eigenvalue weighted by Gasteiger charge is 2.22. The molecule has 30 heavy (non-hydrogen) atoms. The van der Waals surface area contributed by atoms with Gasteiger partial charge in [0.05, 0.1) is 6.54 Å². The van der Waals surface area contributed by atoms with Crippen LogP contribution in [0.4, 0.5) is 10.1 Å². The van der Waals surface area contributed by atoms with E-state index in [2.05, 4.69) is 16.0 Å². The molecule has 0 aliphatic carbocycles. The van der Waals surface area contributed by atoms with Crippen molar-refractivity contribution in [1.82, 2.24) is 10.6 Å². The number of rotatable bonds is 5. The second-order valence-corrected chi connectivity index (χ2v) is 7.23. The van der Waals surface area contributed by atoms with Gasteiger partial charge in [-0.1, -0.05) is 0 Å². The first-order chi connectivity index (χ1) is 13.8. The molecule has 7 nitrogen and oxygen atoms in total. The minimum Gasteiger partial charge on any atom is -0.427 e. The summed E-state index contributed by atoms with van der Waals surface area (Å²) in [6.07, 6.45) is 1.92. The van der Waals surface area contributed by atoms with Gasteiger partial charge in [0.1, 0.15) is 17.1 Å². The van der Waals surface area contributed by atoms with Crippen molar-refractivity contribution in [2.45, 2.75) is 32.6 Å². The number of carbonyl (C=O) groups is 2. The maximum Gasteiger partial charge on any atom is 0.349 e. The zero-order valence-electron chi connectivity index (χ0n) is 16.8. The molecule has 1 aliphatic rings. The molecule has 3 N–H and O–H groups in total. The molecule has 2 heterocycles. The van der Waals surface area contributed by atoms with Crippen LogP contribution in [-0.2, 0) is 4.79 Å². The van der Waals surface area contributed by atoms with Gasteiger partial charge in [0.25, 0.3) is 5.91 Å². The number of anilines is 1. The summed E-state index contributed by atoms with van der Waals surface area (Å²) in [5.41, 5.74) is 0.705. The van der Waals surface area contributed by atoms with Gasteiger partial charge in [0.2, 0.25) is 5.91 Å². The van der Waals surface area contributed by atoms with E-state index in [1.54, 1.807) is 19.9 Å². The number of hydrogen-bond acceptors (Lipinski definition) is 5. The van der Waals surface area contributed by atoms with Gasteiger partial charge in [-0.2, -0.15) is 0 Å². The van der Waals surface area contributed by atoms with Gasteiger partial charge in [-0.25, -0.2) is 9.18 Å². The molecule has 162 valence electrons. The van der Waals surface area contributed by atoms with Crippen LogP contribution in [0.25, 0.3) is 0 Å². The average Bonchev–Trinajstić information content (AvgIpc) is 2.68. The number of halogens is 2. The first kappa shape index (κ1) is 23.6. The van der Waals surface area contributed by atoms with E-state index in [0.717, 1.165) is 25.9 Å². The second kappa shape index (κ2) is 10.4. The van der Waals surface area contributed by atoms with Crippen LogP contribution < -0.4 is 21.6 Å². The quantitative estimate of drug-likeness (QED) is 0.667. The van der Waals surface area contributed by atoms with E-state index < -0.39 is 23.3 Å². The molecule has 3 rings (SSSR count). The normalized spacial score (nSPS) is 15.8. The third-order valence-electron chi connectivity index (χ3n) is 4.97. The van der Waals surface area contributed by atoms with Crippen molar-refractivity contribution in [2.24, 2.45) is 0 Å². The Morgan fingerprint density at radius 3 is 2.63 bits per heavy atom. The fraction of sp³-hybridized carbons (Fsp3) is 0.381. The van der Waals surface area contributed by atoms with Gasteiger partial charge in [-0.05, 0) is 68.6 Å². The lowest BCUT2D eigenvalue weighted by Gasteiger charge is -2.22. The molecule has 1 aromatic carbocycles. The van der Waals surface area contributed by atoms with E-state index >= 15 is 0 Å². The van der Waals surface area contributed by atoms with Gasteiger partial charge in [0.15, 0.2) is 0 Å². The Balaban J connectivity index is 0.00000320. The standard InChI is InChI=1S/C21H24FN3O4.ClH/c1-12-8-15(22)5-6-16(12)25-18(26)11-24-20(27)19-13(2)9-17(29-21(19)28)14-4-3-7-23-10-14;/h5-6,8-9,14,23H,3-4,7,10-11H2,1-2H3,(H,24,27)(H,25,26);1H. The maximum atomic E-state index is 13.1. The molecular weight excluding hydrogens is 413 g/mol. The van der Waals surface area contributed by atoms with Crippen LogP contribution in [0.15, 0.2) is 33.5 Å². The molecule has 1 saturated heterocycles. The Bertz CT molecular complexity index is 987. The number of aryl methyl sites for hydroxylation is 2. The van der Waals surface area contributed by atoms with Gasteiger partial charge < -0.3 is 20.4 Å². The molecule has 0 spiro atoms. The number of carbonyl (C=O) groups excluding carboxylic acids is 2. The molecule has 1 atom stereocenters. The smallest absolute Gasteiger partial charge is 0.349 e. The van der Waals surface area contributed by atoms with Crippen LogP contribution in [0.1, 0.15) is 46.0 Å². The topological polar surface area (TPSA) is 100 Å². The van der Waals surface area contributed by atoms with E-state index in [1.807, 2.05) is 0 Å². The van der Waals surface area contributed by atoms with E-state index in [-0.39, 0.29) is 30.4 Å². The van der Waals surface area contributed by atoms with Gasteiger partial charge >= 0.3 is 5.63 Å². The number of amides is 2. The van der Waals surface area contributed by atoms with Crippen molar-refractivity contribution < 1.29 is 18.4 Å². The predicted octanol–water partition coefficient (Wildman–Crippen LogP) is 2.65. The van der Waals surface area contributed by atoms with Crippen molar-refractivity contribution in [3.8, 4) is 0 Å². The van der Waals surface area contributed by atoms with Crippen molar-refractivity contribution in [2.75, 3.05) is 25.0 Å². The number of nitrogens with one attached hydrogen (secondary N) is 3. The summed E-state index contributed by atoms with van der Waals surface area (Å²) < 4.78 is 18.5. The Kier molecular flexibility index (Phi) is 8.14. The van der Waals surface area contributed by atoms with Crippen LogP contribution in [0.5, 0.6) is 0 Å². The minimum absolute atomic E-state index is 0. The Morgan fingerprint density at radius 1 is 1.23 bits per heavy atom. The zero-order valence-corrected chi connectivity index (χ0v) is 17.7. The van der Waals surface area contributed by atoms with Crippen molar-refractivity contribution >= 4 is 29.9 Å². The van der Waals surface area contributed by atoms with E-state index in [1.165, 1.54) is 18.2 Å². The van der Waals surface area contributed by atoms with Crippen LogP contribution in [-0.4, -0.2) is 31.4 Å². The molecule has 2 aromatic rings. The maximum absolute atomic E-state index is 13.1. The SMILES string of the molecule is Cc1cc(F)ccc1NC(=O)CNC(=O)c1c(C)cc(C2CCCNC2)oc1=O.Cl. The van der Waals surface area contributed by atoms with E-state index in [4.69, 9.17) is 4.42 Å². The summed E-state index contributed by atoms with van der Waals surface area (Å²) in [5.74, 6) is -0.878. The van der Waals surface area contributed by atoms with Gasteiger partial charge in [-0.15, -0.1) is 12.4 Å². The fourth-order valence-electron chi connectivity index (χ4n) is 3.41. The van der Waals surface area contributed by atoms with E-state index in [9.17, 15) is 18.8 Å². The fourth-order valence-corrected chi connectivity index (χ4v) is 3.41. The first-order valence-corrected chi connectivity index (χ1v) is 9.54. The lowest BCUT2D eigenvalue weighted by Crippen LogP contribution is -2.36. The predicted molar refractivity (Wildman–Crippen MR) is 114 cm³/mol. The second-order valence-electron chi connectivity index (χ2n) is 7.23. The molecular formula is C21H25ClFN3O4. The Labute approximate surface area is 179 Å². The third-order valence-corrected chi connectivity index (χ3v) is 4.97. The molecule has 0 saturated carbocycles. The highest BCUT2D eigenvalue weighted by Crippen LogP contribution is 2.23. The van der Waals surface area contributed by atoms with E-state index in [0.29, 0.717) is 22.6 Å². The lowest BCUT2D eigenvalue weighted by atomic mass is 9.95. The molecule has 1 unspecified atom stereocenters. The van der Waals surface area contributed by atoms with Crippen LogP contribution in [0.2, 0.25) is 0 Å². The number of hydrogen-bond donors (Lipinski definition) is 3. The molecule has 9 heteroatoms. The van der Waals surface area contributed by atoms with Gasteiger partial charge in [0, 0.05) is 18.2 Å². The molecule has 1 fully saturated rings. The van der Waals surface area contributed by atoms with Crippen LogP contribution in [0, 0.1) is 19.7 Å². The highest BCUT2D eigenvalue weighted by atomic mass is 35.5. The molecule has 1 aliphatic heterocycles. The number of piperidine rings is 1. The lowest BCUT2D eigenvalue weighted by molar-refractivity contribution is -0.115. The van der Waals surface area contributed by atoms with Crippen LogP contribution >= 0.6 is 12.4 Å². The molecule has 0 radical (unpaired) electrons. The summed E-state index contributed by atoms with van der Waals surface area (Å²) in [5, 5.41) is 8.29. The first-order valence-electron chi connectivity index (χ1n) is 9.54. The average molecular weight is 438 g/mol. The largest absolute Gasteiger partial charge is 0.427 e. The molecule has 0 bridgehead atoms. The molecule has 1 aromatic heterocycles. The van der Waals surface area contributed by atoms with Crippen molar-refractivity contribution in [1.29, 1.82) is 0 Å². The van der Waals surface area contributed by atoms with Crippen molar-refractivity contribution in [3.05, 3.63) is 63.0 Å². The third kappa shape index (κ3) is 5.67.